The van der Waals surface area contributed by atoms with Crippen molar-refractivity contribution < 1.29 is 5.11 Å². The highest BCUT2D eigenvalue weighted by atomic mass is 16.3. The van der Waals surface area contributed by atoms with Crippen LogP contribution in [0.2, 0.25) is 0 Å². The highest BCUT2D eigenvalue weighted by Crippen LogP contribution is 2.23. The van der Waals surface area contributed by atoms with Crippen LogP contribution < -0.4 is 5.32 Å². The molecular weight excluding hydrogens is 222 g/mol. The van der Waals surface area contributed by atoms with Crippen molar-refractivity contribution in [2.24, 2.45) is 0 Å². The molecule has 2 nitrogen and oxygen atoms in total. The van der Waals surface area contributed by atoms with Crippen molar-refractivity contribution in [3.05, 3.63) is 72.0 Å². The standard InChI is InChI=1S/C16H15NO/c18-11-12-7-8-17-16(9-12)15-6-5-13-3-1-2-4-14(13)10-15/h1-10,16-18H,11H2. The van der Waals surface area contributed by atoms with Gasteiger partial charge >= 0.3 is 0 Å². The van der Waals surface area contributed by atoms with E-state index in [1.165, 1.54) is 16.3 Å². The zero-order chi connectivity index (χ0) is 12.4. The predicted octanol–water partition coefficient (Wildman–Crippen LogP) is 2.92. The Morgan fingerprint density at radius 3 is 2.72 bits per heavy atom. The van der Waals surface area contributed by atoms with Gasteiger partial charge in [-0.25, -0.2) is 0 Å². The molecule has 0 saturated heterocycles. The maximum Gasteiger partial charge on any atom is 0.0699 e. The van der Waals surface area contributed by atoms with Crippen LogP contribution in [0.1, 0.15) is 11.6 Å². The number of benzene rings is 2. The van der Waals surface area contributed by atoms with Crippen LogP contribution in [-0.4, -0.2) is 11.7 Å². The van der Waals surface area contributed by atoms with E-state index in [4.69, 9.17) is 0 Å². The third kappa shape index (κ3) is 2.03. The summed E-state index contributed by atoms with van der Waals surface area (Å²) in [6.45, 7) is 0.0856. The second kappa shape index (κ2) is 4.67. The number of rotatable bonds is 2. The highest BCUT2D eigenvalue weighted by Gasteiger charge is 2.10. The summed E-state index contributed by atoms with van der Waals surface area (Å²) in [5.74, 6) is 0. The van der Waals surface area contributed by atoms with E-state index in [1.54, 1.807) is 0 Å². The second-order valence-corrected chi connectivity index (χ2v) is 4.48. The minimum absolute atomic E-state index is 0.0856. The average molecular weight is 237 g/mol. The second-order valence-electron chi connectivity index (χ2n) is 4.48. The average Bonchev–Trinajstić information content (AvgIpc) is 2.47. The van der Waals surface area contributed by atoms with Gasteiger partial charge in [-0.1, -0.05) is 42.5 Å². The lowest BCUT2D eigenvalue weighted by Gasteiger charge is -2.19. The van der Waals surface area contributed by atoms with Crippen LogP contribution in [0.4, 0.5) is 0 Å². The van der Waals surface area contributed by atoms with Crippen molar-refractivity contribution in [1.82, 2.24) is 5.32 Å². The van der Waals surface area contributed by atoms with Gasteiger partial charge in [-0.15, -0.1) is 0 Å². The third-order valence-electron chi connectivity index (χ3n) is 3.27. The molecule has 1 atom stereocenters. The minimum Gasteiger partial charge on any atom is -0.392 e. The van der Waals surface area contributed by atoms with Crippen molar-refractivity contribution in [3.8, 4) is 0 Å². The molecule has 90 valence electrons. The number of nitrogens with one attached hydrogen (secondary N) is 1. The molecule has 0 amide bonds. The van der Waals surface area contributed by atoms with E-state index in [0.29, 0.717) is 0 Å². The molecule has 2 N–H and O–H groups in total. The number of dihydropyridines is 1. The maximum atomic E-state index is 9.18. The summed E-state index contributed by atoms with van der Waals surface area (Å²) < 4.78 is 0. The van der Waals surface area contributed by atoms with Gasteiger partial charge in [-0.3, -0.25) is 0 Å². The lowest BCUT2D eigenvalue weighted by atomic mass is 9.99. The van der Waals surface area contributed by atoms with E-state index in [9.17, 15) is 5.11 Å². The first-order valence-corrected chi connectivity index (χ1v) is 6.10. The first-order valence-electron chi connectivity index (χ1n) is 6.10. The molecule has 0 aromatic heterocycles. The summed E-state index contributed by atoms with van der Waals surface area (Å²) in [5.41, 5.74) is 2.16. The number of fused-ring (bicyclic) bond motifs is 1. The van der Waals surface area contributed by atoms with E-state index >= 15 is 0 Å². The first kappa shape index (κ1) is 11.1. The molecule has 1 unspecified atom stereocenters. The molecule has 0 bridgehead atoms. The summed E-state index contributed by atoms with van der Waals surface area (Å²) in [6, 6.07) is 14.9. The Labute approximate surface area is 106 Å². The maximum absolute atomic E-state index is 9.18. The summed E-state index contributed by atoms with van der Waals surface area (Å²) in [6.07, 6.45) is 5.85. The normalized spacial score (nSPS) is 18.5. The highest BCUT2D eigenvalue weighted by molar-refractivity contribution is 5.83. The molecule has 1 heterocycles. The molecule has 0 saturated carbocycles. The van der Waals surface area contributed by atoms with Crippen LogP contribution >= 0.6 is 0 Å². The Morgan fingerprint density at radius 2 is 1.89 bits per heavy atom. The van der Waals surface area contributed by atoms with Crippen LogP contribution in [0.3, 0.4) is 0 Å². The van der Waals surface area contributed by atoms with Gasteiger partial charge in [0.1, 0.15) is 0 Å². The molecular formula is C16H15NO. The number of hydrogen-bond donors (Lipinski definition) is 2. The van der Waals surface area contributed by atoms with Crippen molar-refractivity contribution in [2.75, 3.05) is 6.61 Å². The SMILES string of the molecule is OCC1=CC(c2ccc3ccccc3c2)NC=C1. The summed E-state index contributed by atoms with van der Waals surface area (Å²) in [5, 5.41) is 15.0. The fourth-order valence-electron chi connectivity index (χ4n) is 2.28. The monoisotopic (exact) mass is 237 g/mol. The minimum atomic E-state index is 0.0856. The van der Waals surface area contributed by atoms with Gasteiger partial charge in [0.05, 0.1) is 12.6 Å². The van der Waals surface area contributed by atoms with Crippen molar-refractivity contribution in [3.63, 3.8) is 0 Å². The molecule has 2 aromatic carbocycles. The Morgan fingerprint density at radius 1 is 1.06 bits per heavy atom. The van der Waals surface area contributed by atoms with Gasteiger partial charge in [0, 0.05) is 0 Å². The lowest BCUT2D eigenvalue weighted by molar-refractivity contribution is 0.333. The van der Waals surface area contributed by atoms with E-state index in [0.717, 1.165) is 5.57 Å². The fourth-order valence-corrected chi connectivity index (χ4v) is 2.28. The Balaban J connectivity index is 2.00. The predicted molar refractivity (Wildman–Crippen MR) is 74.1 cm³/mol. The zero-order valence-corrected chi connectivity index (χ0v) is 10.0. The van der Waals surface area contributed by atoms with Gasteiger partial charge < -0.3 is 10.4 Å². The smallest absolute Gasteiger partial charge is 0.0699 e. The van der Waals surface area contributed by atoms with Crippen LogP contribution in [0.5, 0.6) is 0 Å². The Bertz CT molecular complexity index is 628. The van der Waals surface area contributed by atoms with Crippen molar-refractivity contribution in [1.29, 1.82) is 0 Å². The van der Waals surface area contributed by atoms with Gasteiger partial charge in [0.2, 0.25) is 0 Å². The van der Waals surface area contributed by atoms with Gasteiger partial charge in [-0.05, 0) is 40.3 Å². The van der Waals surface area contributed by atoms with Crippen LogP contribution in [0, 0.1) is 0 Å². The molecule has 0 fully saturated rings. The Kier molecular flexibility index (Phi) is 2.87. The van der Waals surface area contributed by atoms with Crippen LogP contribution in [0.15, 0.2) is 66.4 Å². The largest absolute Gasteiger partial charge is 0.392 e. The molecule has 18 heavy (non-hydrogen) atoms. The number of hydrogen-bond acceptors (Lipinski definition) is 2. The van der Waals surface area contributed by atoms with Crippen molar-refractivity contribution in [2.45, 2.75) is 6.04 Å². The summed E-state index contributed by atoms with van der Waals surface area (Å²) in [7, 11) is 0. The quantitative estimate of drug-likeness (QED) is 0.841. The van der Waals surface area contributed by atoms with Crippen LogP contribution in [0.25, 0.3) is 10.8 Å². The lowest BCUT2D eigenvalue weighted by Crippen LogP contribution is -2.17. The molecule has 3 rings (SSSR count). The molecule has 1 aliphatic heterocycles. The van der Waals surface area contributed by atoms with E-state index < -0.39 is 0 Å². The van der Waals surface area contributed by atoms with Crippen molar-refractivity contribution >= 4 is 10.8 Å². The van der Waals surface area contributed by atoms with Crippen LogP contribution in [-0.2, 0) is 0 Å². The van der Waals surface area contributed by atoms with E-state index in [1.807, 2.05) is 18.3 Å². The molecule has 0 radical (unpaired) electrons. The molecule has 0 spiro atoms. The number of aliphatic hydroxyl groups excluding tert-OH is 1. The summed E-state index contributed by atoms with van der Waals surface area (Å²) >= 11 is 0. The molecule has 1 aliphatic rings. The first-order chi connectivity index (χ1) is 8.86. The molecule has 2 aromatic rings. The fraction of sp³-hybridized carbons (Fsp3) is 0.125. The van der Waals surface area contributed by atoms with Gasteiger partial charge in [-0.2, -0.15) is 0 Å². The van der Waals surface area contributed by atoms with Gasteiger partial charge in [0.25, 0.3) is 0 Å². The third-order valence-corrected chi connectivity index (χ3v) is 3.27. The topological polar surface area (TPSA) is 32.3 Å². The van der Waals surface area contributed by atoms with E-state index in [-0.39, 0.29) is 12.6 Å². The zero-order valence-electron chi connectivity index (χ0n) is 10.0. The van der Waals surface area contributed by atoms with Gasteiger partial charge in [0.15, 0.2) is 0 Å². The number of aliphatic hydroxyl groups is 1. The van der Waals surface area contributed by atoms with E-state index in [2.05, 4.69) is 47.8 Å². The summed E-state index contributed by atoms with van der Waals surface area (Å²) in [4.78, 5) is 0. The molecule has 0 aliphatic carbocycles. The molecule has 2 heteroatoms. The Hall–Kier alpha value is -2.06.